The summed E-state index contributed by atoms with van der Waals surface area (Å²) in [4.78, 5) is 0. The Hall–Kier alpha value is -0.0400. The minimum atomic E-state index is 0.659. The quantitative estimate of drug-likeness (QED) is 0.714. The lowest BCUT2D eigenvalue weighted by atomic mass is 9.45. The number of nitrogens with one attached hydrogen (secondary N) is 1. The van der Waals surface area contributed by atoms with Gasteiger partial charge in [-0.15, -0.1) is 0 Å². The van der Waals surface area contributed by atoms with E-state index in [9.17, 15) is 0 Å². The fourth-order valence-electron chi connectivity index (χ4n) is 3.93. The smallest absolute Gasteiger partial charge is 0.000871 e. The highest BCUT2D eigenvalue weighted by Crippen LogP contribution is 2.63. The Morgan fingerprint density at radius 3 is 1.93 bits per heavy atom. The molecule has 2 rings (SSSR count). The van der Waals surface area contributed by atoms with E-state index in [0.29, 0.717) is 10.8 Å². The largest absolute Gasteiger partial charge is 0.316 e. The molecule has 0 amide bonds. The first-order valence-corrected chi connectivity index (χ1v) is 6.22. The molecule has 1 saturated carbocycles. The molecule has 0 bridgehead atoms. The fraction of sp³-hybridized carbons (Fsp3) is 1.00. The van der Waals surface area contributed by atoms with Gasteiger partial charge in [-0.05, 0) is 48.5 Å². The Morgan fingerprint density at radius 1 is 1.00 bits per heavy atom. The summed E-state index contributed by atoms with van der Waals surface area (Å²) < 4.78 is 0. The first-order valence-electron chi connectivity index (χ1n) is 6.22. The summed E-state index contributed by atoms with van der Waals surface area (Å²) in [5.74, 6) is 1.71. The molecule has 2 fully saturated rings. The molecule has 0 radical (unpaired) electrons. The van der Waals surface area contributed by atoms with Crippen molar-refractivity contribution in [2.75, 3.05) is 13.1 Å². The van der Waals surface area contributed by atoms with Gasteiger partial charge in [-0.1, -0.05) is 27.7 Å². The molecule has 1 heterocycles. The van der Waals surface area contributed by atoms with Crippen molar-refractivity contribution in [1.82, 2.24) is 5.32 Å². The molecule has 0 aromatic carbocycles. The molecular formula is C13H25N. The fourth-order valence-corrected chi connectivity index (χ4v) is 3.93. The summed E-state index contributed by atoms with van der Waals surface area (Å²) in [6.07, 6.45) is 4.37. The van der Waals surface area contributed by atoms with E-state index in [2.05, 4.69) is 33.0 Å². The SMILES string of the molecule is CC(C)C1(C(C)C)CC2(CCNC2)C1. The van der Waals surface area contributed by atoms with Crippen LogP contribution < -0.4 is 5.32 Å². The summed E-state index contributed by atoms with van der Waals surface area (Å²) in [5.41, 5.74) is 1.36. The van der Waals surface area contributed by atoms with Crippen molar-refractivity contribution in [3.8, 4) is 0 Å². The summed E-state index contributed by atoms with van der Waals surface area (Å²) in [6, 6.07) is 0. The third-order valence-electron chi connectivity index (χ3n) is 5.04. The molecule has 2 aliphatic rings. The van der Waals surface area contributed by atoms with Crippen molar-refractivity contribution >= 4 is 0 Å². The van der Waals surface area contributed by atoms with E-state index >= 15 is 0 Å². The third kappa shape index (κ3) is 1.32. The van der Waals surface area contributed by atoms with Crippen LogP contribution in [0.1, 0.15) is 47.0 Å². The molecule has 1 spiro atoms. The maximum absolute atomic E-state index is 3.53. The Labute approximate surface area is 88.7 Å². The highest BCUT2D eigenvalue weighted by Gasteiger charge is 2.57. The predicted octanol–water partition coefficient (Wildman–Crippen LogP) is 3.06. The van der Waals surface area contributed by atoms with Crippen LogP contribution in [0.25, 0.3) is 0 Å². The van der Waals surface area contributed by atoms with E-state index in [-0.39, 0.29) is 0 Å². The predicted molar refractivity (Wildman–Crippen MR) is 61.3 cm³/mol. The van der Waals surface area contributed by atoms with Crippen molar-refractivity contribution in [1.29, 1.82) is 0 Å². The van der Waals surface area contributed by atoms with Gasteiger partial charge in [0.05, 0.1) is 0 Å². The second-order valence-electron chi connectivity index (χ2n) is 6.32. The standard InChI is InChI=1S/C13H25N/c1-10(2)13(11(3)4)7-12(8-13)5-6-14-9-12/h10-11,14H,5-9H2,1-4H3. The van der Waals surface area contributed by atoms with Gasteiger partial charge in [-0.25, -0.2) is 0 Å². The highest BCUT2D eigenvalue weighted by molar-refractivity contribution is 5.08. The number of hydrogen-bond donors (Lipinski definition) is 1. The van der Waals surface area contributed by atoms with Crippen LogP contribution in [0.2, 0.25) is 0 Å². The van der Waals surface area contributed by atoms with Crippen molar-refractivity contribution < 1.29 is 0 Å². The molecule has 1 N–H and O–H groups in total. The molecule has 0 aromatic rings. The average Bonchev–Trinajstić information content (AvgIpc) is 2.46. The van der Waals surface area contributed by atoms with Gasteiger partial charge >= 0.3 is 0 Å². The van der Waals surface area contributed by atoms with Crippen LogP contribution >= 0.6 is 0 Å². The van der Waals surface area contributed by atoms with E-state index in [4.69, 9.17) is 0 Å². The van der Waals surface area contributed by atoms with Gasteiger partial charge in [0, 0.05) is 6.54 Å². The van der Waals surface area contributed by atoms with Crippen LogP contribution in [0.3, 0.4) is 0 Å². The van der Waals surface area contributed by atoms with E-state index in [0.717, 1.165) is 11.8 Å². The summed E-state index contributed by atoms with van der Waals surface area (Å²) in [5, 5.41) is 3.53. The zero-order chi connectivity index (χ0) is 10.4. The van der Waals surface area contributed by atoms with Gasteiger partial charge < -0.3 is 5.32 Å². The van der Waals surface area contributed by atoms with Gasteiger partial charge in [-0.3, -0.25) is 0 Å². The molecule has 1 heteroatoms. The van der Waals surface area contributed by atoms with E-state index < -0.39 is 0 Å². The molecule has 82 valence electrons. The Morgan fingerprint density at radius 2 is 1.57 bits per heavy atom. The lowest BCUT2D eigenvalue weighted by Crippen LogP contribution is -2.53. The lowest BCUT2D eigenvalue weighted by Gasteiger charge is -2.60. The van der Waals surface area contributed by atoms with Crippen molar-refractivity contribution in [2.24, 2.45) is 22.7 Å². The van der Waals surface area contributed by atoms with Crippen LogP contribution in [-0.2, 0) is 0 Å². The van der Waals surface area contributed by atoms with Gasteiger partial charge in [-0.2, -0.15) is 0 Å². The Bertz CT molecular complexity index is 193. The minimum Gasteiger partial charge on any atom is -0.316 e. The Balaban J connectivity index is 2.06. The summed E-state index contributed by atoms with van der Waals surface area (Å²) >= 11 is 0. The van der Waals surface area contributed by atoms with Crippen molar-refractivity contribution in [2.45, 2.75) is 47.0 Å². The lowest BCUT2D eigenvalue weighted by molar-refractivity contribution is -0.0966. The molecule has 0 aromatic heterocycles. The first kappa shape index (κ1) is 10.5. The molecular weight excluding hydrogens is 170 g/mol. The molecule has 0 atom stereocenters. The average molecular weight is 195 g/mol. The van der Waals surface area contributed by atoms with Crippen molar-refractivity contribution in [3.63, 3.8) is 0 Å². The maximum Gasteiger partial charge on any atom is 0.000871 e. The van der Waals surface area contributed by atoms with E-state index in [1.165, 1.54) is 32.4 Å². The molecule has 1 nitrogen and oxygen atoms in total. The minimum absolute atomic E-state index is 0.659. The molecule has 1 aliphatic heterocycles. The second-order valence-corrected chi connectivity index (χ2v) is 6.32. The molecule has 1 aliphatic carbocycles. The van der Waals surface area contributed by atoms with Crippen LogP contribution in [0.5, 0.6) is 0 Å². The Kier molecular flexibility index (Phi) is 2.42. The summed E-state index contributed by atoms with van der Waals surface area (Å²) in [7, 11) is 0. The third-order valence-corrected chi connectivity index (χ3v) is 5.04. The maximum atomic E-state index is 3.53. The molecule has 0 unspecified atom stereocenters. The van der Waals surface area contributed by atoms with Gasteiger partial charge in [0.1, 0.15) is 0 Å². The van der Waals surface area contributed by atoms with Gasteiger partial charge in [0.2, 0.25) is 0 Å². The zero-order valence-corrected chi connectivity index (χ0v) is 10.2. The normalized spacial score (nSPS) is 28.7. The number of rotatable bonds is 2. The molecule has 14 heavy (non-hydrogen) atoms. The summed E-state index contributed by atoms with van der Waals surface area (Å²) in [6.45, 7) is 12.2. The van der Waals surface area contributed by atoms with Crippen LogP contribution in [-0.4, -0.2) is 13.1 Å². The van der Waals surface area contributed by atoms with E-state index in [1.54, 1.807) is 0 Å². The van der Waals surface area contributed by atoms with E-state index in [1.807, 2.05) is 0 Å². The first-order chi connectivity index (χ1) is 6.51. The van der Waals surface area contributed by atoms with Gasteiger partial charge in [0.25, 0.3) is 0 Å². The van der Waals surface area contributed by atoms with Crippen LogP contribution in [0.15, 0.2) is 0 Å². The zero-order valence-electron chi connectivity index (χ0n) is 10.2. The topological polar surface area (TPSA) is 12.0 Å². The van der Waals surface area contributed by atoms with Crippen molar-refractivity contribution in [3.05, 3.63) is 0 Å². The van der Waals surface area contributed by atoms with Crippen LogP contribution in [0.4, 0.5) is 0 Å². The van der Waals surface area contributed by atoms with Crippen LogP contribution in [0, 0.1) is 22.7 Å². The monoisotopic (exact) mass is 195 g/mol. The highest BCUT2D eigenvalue weighted by atomic mass is 14.9. The second kappa shape index (κ2) is 3.23. The number of hydrogen-bond acceptors (Lipinski definition) is 1. The molecule has 1 saturated heterocycles. The van der Waals surface area contributed by atoms with Gasteiger partial charge in [0.15, 0.2) is 0 Å².